The highest BCUT2D eigenvalue weighted by Gasteiger charge is 2.58. The molecule has 0 bridgehead atoms. The molecule has 2 aromatic rings. The number of fused-ring (bicyclic) bond motifs is 1. The largest absolute Gasteiger partial charge is 0.490 e. The fourth-order valence-corrected chi connectivity index (χ4v) is 11.9. The smallest absolute Gasteiger partial charge is 0.142 e. The number of aliphatic imine (C=N–C) groups is 1. The molecule has 2 heterocycles. The quantitative estimate of drug-likeness (QED) is 0.0546. The number of allylic oxidation sites excluding steroid dienone is 1. The third-order valence-corrected chi connectivity index (χ3v) is 15.5. The van der Waals surface area contributed by atoms with Gasteiger partial charge in [-0.15, -0.1) is 0 Å². The minimum absolute atomic E-state index is 0.730. The fraction of sp³-hybridized carbons (Fsp3) is 0.483. The maximum absolute atomic E-state index is 6.35. The highest BCUT2D eigenvalue weighted by atomic mass is 16.5. The average Bonchev–Trinajstić information content (AvgIpc) is 4.01. The van der Waals surface area contributed by atoms with Gasteiger partial charge in [-0.1, -0.05) is 49.2 Å². The van der Waals surface area contributed by atoms with Crippen molar-refractivity contribution >= 4 is 337 Å². The highest BCUT2D eigenvalue weighted by Crippen LogP contribution is 2.35. The van der Waals surface area contributed by atoms with Gasteiger partial charge in [0.05, 0.1) is 24.5 Å². The lowest BCUT2D eigenvalue weighted by Gasteiger charge is -2.56. The van der Waals surface area contributed by atoms with Gasteiger partial charge in [0, 0.05) is 357 Å². The van der Waals surface area contributed by atoms with E-state index in [0.29, 0.717) is 0 Å². The second-order valence-electron chi connectivity index (χ2n) is 21.4. The predicted octanol–water partition coefficient (Wildman–Crippen LogP) is -10.9. The average molecular weight is 948 g/mol. The molecule has 5 nitrogen and oxygen atoms in total. The minimum Gasteiger partial charge on any atom is -0.490 e. The van der Waals surface area contributed by atoms with Crippen molar-refractivity contribution in [2.24, 2.45) is 4.99 Å². The lowest BCUT2D eigenvalue weighted by molar-refractivity contribution is 0.126. The third kappa shape index (κ3) is 23.4. The zero-order valence-corrected chi connectivity index (χ0v) is 46.4. The number of ether oxygens (including phenoxy) is 2. The Hall–Kier alpha value is 0.132. The van der Waals surface area contributed by atoms with Crippen molar-refractivity contribution in [3.05, 3.63) is 65.9 Å². The van der Waals surface area contributed by atoms with Gasteiger partial charge in [-0.05, 0) is 55.9 Å². The molecule has 0 saturated heterocycles. The van der Waals surface area contributed by atoms with Crippen LogP contribution in [0.25, 0.3) is 0 Å². The van der Waals surface area contributed by atoms with E-state index in [2.05, 4.69) is 69.8 Å². The molecule has 2 aliphatic heterocycles. The van der Waals surface area contributed by atoms with Gasteiger partial charge in [0.1, 0.15) is 12.4 Å². The Labute approximate surface area is 519 Å². The standard InChI is InChI=1S/C29H39N3O2.B45/c1(2-8-20-33-21-9-6-13-25-11-4-3-5-12-25)7-17-30-26-15-16-29-28(23-26)32(19-22-34-29)24-27-14-10-18-31-27;1-24-36(25(2)3)42(37(26(4)5)27(6)7)45(43(38(28(8)9)29(10)11)39(30(12)13)31(14)15)44(40(32(16)17)33(18)19)41(34(20)21)35(22)23/h3-5,11-12,14-16,18,23,30H,1-2,6-10,13,17,19-22,24H2;. The lowest BCUT2D eigenvalue weighted by Crippen LogP contribution is -2.94. The summed E-state index contributed by atoms with van der Waals surface area (Å²) < 4.78 is 11.7. The van der Waals surface area contributed by atoms with Gasteiger partial charge in [0.15, 0.2) is 0 Å². The number of aryl methyl sites for hydroxylation is 1. The fourth-order valence-electron chi connectivity index (χ4n) is 11.9. The first-order valence-electron chi connectivity index (χ1n) is 27.6. The minimum atomic E-state index is -1.27. The van der Waals surface area contributed by atoms with Crippen molar-refractivity contribution in [1.29, 1.82) is 0 Å². The van der Waals surface area contributed by atoms with Crippen LogP contribution in [0, 0.1) is 0 Å². The number of nitrogens with one attached hydrogen (secondary N) is 1. The zero-order valence-electron chi connectivity index (χ0n) is 46.4. The second kappa shape index (κ2) is 38.3. The van der Waals surface area contributed by atoms with Crippen LogP contribution in [0.3, 0.4) is 0 Å². The highest BCUT2D eigenvalue weighted by molar-refractivity contribution is 8.34. The second-order valence-corrected chi connectivity index (χ2v) is 21.4. The van der Waals surface area contributed by atoms with Crippen LogP contribution < -0.4 is 15.0 Å². The molecular formula is C29H39B45N3O2. The van der Waals surface area contributed by atoms with Crippen molar-refractivity contribution in [1.82, 2.24) is 0 Å². The molecule has 0 saturated carbocycles. The van der Waals surface area contributed by atoms with Crippen LogP contribution in [0.1, 0.15) is 50.5 Å². The van der Waals surface area contributed by atoms with Crippen molar-refractivity contribution < 1.29 is 9.47 Å². The Morgan fingerprint density at radius 3 is 1.42 bits per heavy atom. The molecule has 0 amide bonds. The summed E-state index contributed by atoms with van der Waals surface area (Å²) in [5.41, 5.74) is 4.91. The summed E-state index contributed by atoms with van der Waals surface area (Å²) in [7, 11) is 147. The van der Waals surface area contributed by atoms with Gasteiger partial charge in [-0.3, -0.25) is 4.99 Å². The summed E-state index contributed by atoms with van der Waals surface area (Å²) in [5.74, 6) is 0.972. The first-order valence-corrected chi connectivity index (χ1v) is 27.6. The number of benzene rings is 2. The molecular weight excluding hydrogens is 909 g/mol. The molecule has 50 heteroatoms. The monoisotopic (exact) mass is 957 g/mol. The van der Waals surface area contributed by atoms with Crippen molar-refractivity contribution in [2.75, 3.05) is 49.7 Å². The topological polar surface area (TPSA) is 46.1 Å². The molecule has 4 rings (SSSR count). The maximum atomic E-state index is 6.35. The number of anilines is 2. The Morgan fingerprint density at radius 2 is 0.975 bits per heavy atom. The van der Waals surface area contributed by atoms with Crippen molar-refractivity contribution in [3.8, 4) is 5.75 Å². The van der Waals surface area contributed by atoms with Gasteiger partial charge in [-0.2, -0.15) is 0 Å². The van der Waals surface area contributed by atoms with E-state index in [1.807, 2.05) is 6.21 Å². The molecule has 0 aliphatic carbocycles. The summed E-state index contributed by atoms with van der Waals surface area (Å²) in [5, 5.41) is 3.59. The van der Waals surface area contributed by atoms with Gasteiger partial charge in [0.2, 0.25) is 0 Å². The normalized spacial score (nSPS) is 11.7. The molecule has 2 aliphatic rings. The van der Waals surface area contributed by atoms with Gasteiger partial charge in [0.25, 0.3) is 0 Å². The molecule has 0 unspecified atom stereocenters. The van der Waals surface area contributed by atoms with Crippen LogP contribution in [0.2, 0.25) is 0 Å². The zero-order chi connectivity index (χ0) is 59.1. The van der Waals surface area contributed by atoms with Crippen molar-refractivity contribution in [3.63, 3.8) is 0 Å². The van der Waals surface area contributed by atoms with E-state index in [4.69, 9.17) is 187 Å². The summed E-state index contributed by atoms with van der Waals surface area (Å²) in [6.07, 6.45) is -11.5. The molecule has 2 aromatic carbocycles. The lowest BCUT2D eigenvalue weighted by atomic mass is 8.26. The molecule has 0 spiro atoms. The number of hydrogen-bond donors (Lipinski definition) is 1. The van der Waals surface area contributed by atoms with E-state index in [1.54, 1.807) is 0 Å². The van der Waals surface area contributed by atoms with Crippen LogP contribution in [0.4, 0.5) is 11.4 Å². The van der Waals surface area contributed by atoms with Gasteiger partial charge >= 0.3 is 0 Å². The molecule has 0 aromatic heterocycles. The third-order valence-electron chi connectivity index (χ3n) is 15.5. The Morgan fingerprint density at radius 1 is 0.519 bits per heavy atom. The van der Waals surface area contributed by atoms with Gasteiger partial charge < -0.3 is 19.7 Å². The number of unbranched alkanes of at least 4 members (excludes halogenated alkanes) is 4. The molecule has 0 atom stereocenters. The van der Waals surface area contributed by atoms with E-state index in [9.17, 15) is 0 Å². The number of hydrogen-bond acceptors (Lipinski definition) is 5. The Balaban J connectivity index is 0.000000429. The Bertz CT molecular complexity index is 1910. The van der Waals surface area contributed by atoms with Crippen LogP contribution in [-0.4, -0.2) is 365 Å². The number of nitrogens with zero attached hydrogens (tertiary/aromatic N) is 2. The summed E-state index contributed by atoms with van der Waals surface area (Å²) in [6, 6.07) is 17.1. The van der Waals surface area contributed by atoms with Crippen LogP contribution in [0.15, 0.2) is 65.3 Å². The summed E-state index contributed by atoms with van der Waals surface area (Å²) in [4.78, 5) is 6.85. The SMILES string of the molecule is C1=NC(CN2CCOc3ccc(NCCCCCCOCCCCc4ccccc4)cc32)=CC1.[B][B]B(B([B])[B])B(B(B([B])[B])B([B])[B])B(B(B(B([B])[B])B([B])[B])B(B([B])[B])B([B])[B])B(B(B([B])[B])B([B])[B])B(B([B])[B])B([B])[B]. The van der Waals surface area contributed by atoms with Crippen molar-refractivity contribution in [2.45, 2.75) is 51.4 Å². The van der Waals surface area contributed by atoms with Crippen LogP contribution >= 0.6 is 0 Å². The summed E-state index contributed by atoms with van der Waals surface area (Å²) in [6.45, 7) is 5.25. The van der Waals surface area contributed by atoms with Crippen LogP contribution in [0.5, 0.6) is 5.75 Å². The van der Waals surface area contributed by atoms with E-state index < -0.39 is 134 Å². The number of rotatable bonds is 36. The Kier molecular flexibility index (Phi) is 35.6. The molecule has 79 heavy (non-hydrogen) atoms. The van der Waals surface area contributed by atoms with Gasteiger partial charge in [-0.25, -0.2) is 0 Å². The maximum Gasteiger partial charge on any atom is 0.142 e. The predicted molar refractivity (Wildman–Crippen MR) is 401 cm³/mol. The molecule has 0 fully saturated rings. The first kappa shape index (κ1) is 73.4. The van der Waals surface area contributed by atoms with E-state index in [0.717, 1.165) is 82.3 Å². The van der Waals surface area contributed by atoms with E-state index >= 15 is 0 Å². The summed E-state index contributed by atoms with van der Waals surface area (Å²) >= 11 is 0. The van der Waals surface area contributed by atoms with E-state index in [1.165, 1.54) is 44.0 Å². The molecule has 1 N–H and O–H groups in total. The molecule has 47 radical (unpaired) electrons. The van der Waals surface area contributed by atoms with Crippen LogP contribution in [-0.2, 0) is 11.2 Å². The molecule has 317 valence electrons. The van der Waals surface area contributed by atoms with E-state index in [-0.39, 0.29) is 0 Å². The first-order chi connectivity index (χ1) is 37.4.